The summed E-state index contributed by atoms with van der Waals surface area (Å²) in [4.78, 5) is 47.4. The zero-order valence-electron chi connectivity index (χ0n) is 16.1. The number of carbonyl (C=O) groups excluding carboxylic acids is 3. The van der Waals surface area contributed by atoms with Crippen LogP contribution >= 0.6 is 0 Å². The summed E-state index contributed by atoms with van der Waals surface area (Å²) in [6.45, 7) is 2.87. The van der Waals surface area contributed by atoms with E-state index >= 15 is 0 Å². The lowest BCUT2D eigenvalue weighted by Crippen LogP contribution is -2.53. The van der Waals surface area contributed by atoms with Crippen molar-refractivity contribution in [1.29, 1.82) is 0 Å². The van der Waals surface area contributed by atoms with Gasteiger partial charge in [-0.3, -0.25) is 14.4 Å². The third kappa shape index (κ3) is 7.75. The molecule has 0 heterocycles. The molecule has 1 aromatic rings. The lowest BCUT2D eigenvalue weighted by atomic mass is 9.99. The van der Waals surface area contributed by atoms with E-state index in [0.717, 1.165) is 5.56 Å². The molecule has 9 nitrogen and oxygen atoms in total. The second kappa shape index (κ2) is 11.7. The number of benzene rings is 1. The summed E-state index contributed by atoms with van der Waals surface area (Å²) in [6, 6.07) is 7.13. The van der Waals surface area contributed by atoms with Gasteiger partial charge in [-0.25, -0.2) is 4.79 Å². The molecule has 0 aromatic heterocycles. The predicted molar refractivity (Wildman–Crippen MR) is 103 cm³/mol. The zero-order valence-corrected chi connectivity index (χ0v) is 16.1. The number of rotatable bonds is 11. The summed E-state index contributed by atoms with van der Waals surface area (Å²) in [7, 11) is 0. The summed E-state index contributed by atoms with van der Waals surface area (Å²) in [6.07, 6.45) is 0.804. The van der Waals surface area contributed by atoms with Gasteiger partial charge < -0.3 is 26.8 Å². The average molecular weight is 392 g/mol. The van der Waals surface area contributed by atoms with Crippen LogP contribution in [0.3, 0.4) is 0 Å². The van der Waals surface area contributed by atoms with Gasteiger partial charge in [0.1, 0.15) is 12.1 Å². The van der Waals surface area contributed by atoms with Gasteiger partial charge in [0.25, 0.3) is 0 Å². The Morgan fingerprint density at radius 1 is 1.07 bits per heavy atom. The Kier molecular flexibility index (Phi) is 9.66. The Hall–Kier alpha value is -2.94. The molecule has 154 valence electrons. The van der Waals surface area contributed by atoms with E-state index in [1.807, 2.05) is 37.3 Å². The minimum Gasteiger partial charge on any atom is -0.480 e. The second-order valence-corrected chi connectivity index (χ2v) is 6.50. The number of nitrogens with two attached hydrogens (primary N) is 1. The predicted octanol–water partition coefficient (Wildman–Crippen LogP) is -0.596. The van der Waals surface area contributed by atoms with E-state index < -0.39 is 42.3 Å². The van der Waals surface area contributed by atoms with Crippen molar-refractivity contribution in [2.45, 2.75) is 38.8 Å². The molecule has 3 unspecified atom stereocenters. The number of hydrogen-bond donors (Lipinski definition) is 5. The molecule has 0 saturated heterocycles. The van der Waals surface area contributed by atoms with Crippen LogP contribution in [0, 0.1) is 5.92 Å². The van der Waals surface area contributed by atoms with Crippen LogP contribution in [0.2, 0.25) is 0 Å². The molecule has 28 heavy (non-hydrogen) atoms. The maximum atomic E-state index is 12.5. The SMILES string of the molecule is CCC(C)C(NC(=O)CNC(=O)C(Cc1ccccc1)NC(=O)CN)C(=O)O. The molecule has 3 amide bonds. The van der Waals surface area contributed by atoms with Gasteiger partial charge in [0.2, 0.25) is 17.7 Å². The van der Waals surface area contributed by atoms with Gasteiger partial charge in [-0.1, -0.05) is 50.6 Å². The normalized spacial score (nSPS) is 13.7. The summed E-state index contributed by atoms with van der Waals surface area (Å²) >= 11 is 0. The molecule has 6 N–H and O–H groups in total. The summed E-state index contributed by atoms with van der Waals surface area (Å²) in [5.74, 6) is -3.07. The molecule has 0 saturated carbocycles. The van der Waals surface area contributed by atoms with E-state index in [9.17, 15) is 24.3 Å². The number of carboxylic acid groups (broad SMARTS) is 1. The first-order valence-corrected chi connectivity index (χ1v) is 9.11. The first-order chi connectivity index (χ1) is 13.3. The molecule has 0 aliphatic heterocycles. The van der Waals surface area contributed by atoms with Crippen LogP contribution in [-0.2, 0) is 25.6 Å². The maximum absolute atomic E-state index is 12.5. The molecule has 1 rings (SSSR count). The number of amides is 3. The second-order valence-electron chi connectivity index (χ2n) is 6.50. The molecule has 0 aliphatic carbocycles. The van der Waals surface area contributed by atoms with Crippen LogP contribution in [0.5, 0.6) is 0 Å². The van der Waals surface area contributed by atoms with E-state index in [0.29, 0.717) is 6.42 Å². The fraction of sp³-hybridized carbons (Fsp3) is 0.474. The zero-order chi connectivity index (χ0) is 21.1. The minimum absolute atomic E-state index is 0.227. The molecule has 3 atom stereocenters. The van der Waals surface area contributed by atoms with Gasteiger partial charge >= 0.3 is 5.97 Å². The number of carbonyl (C=O) groups is 4. The van der Waals surface area contributed by atoms with Crippen molar-refractivity contribution in [3.63, 3.8) is 0 Å². The van der Waals surface area contributed by atoms with Crippen LogP contribution in [0.25, 0.3) is 0 Å². The topological polar surface area (TPSA) is 151 Å². The fourth-order valence-electron chi connectivity index (χ4n) is 2.51. The van der Waals surface area contributed by atoms with Crippen molar-refractivity contribution in [1.82, 2.24) is 16.0 Å². The van der Waals surface area contributed by atoms with Gasteiger partial charge in [-0.15, -0.1) is 0 Å². The summed E-state index contributed by atoms with van der Waals surface area (Å²) in [5.41, 5.74) is 6.12. The van der Waals surface area contributed by atoms with Gasteiger partial charge in [0.15, 0.2) is 0 Å². The highest BCUT2D eigenvalue weighted by Gasteiger charge is 2.26. The summed E-state index contributed by atoms with van der Waals surface area (Å²) < 4.78 is 0. The molecule has 0 bridgehead atoms. The quantitative estimate of drug-likeness (QED) is 0.339. The average Bonchev–Trinajstić information content (AvgIpc) is 2.69. The molecule has 1 aromatic carbocycles. The van der Waals surface area contributed by atoms with Crippen molar-refractivity contribution < 1.29 is 24.3 Å². The lowest BCUT2D eigenvalue weighted by molar-refractivity contribution is -0.143. The van der Waals surface area contributed by atoms with E-state index in [4.69, 9.17) is 5.73 Å². The summed E-state index contributed by atoms with van der Waals surface area (Å²) in [5, 5.41) is 16.6. The Balaban J connectivity index is 2.69. The van der Waals surface area contributed by atoms with Gasteiger partial charge in [0, 0.05) is 6.42 Å². The number of aliphatic carboxylic acids is 1. The Morgan fingerprint density at radius 2 is 1.71 bits per heavy atom. The first-order valence-electron chi connectivity index (χ1n) is 9.11. The fourth-order valence-corrected chi connectivity index (χ4v) is 2.51. The van der Waals surface area contributed by atoms with E-state index in [1.54, 1.807) is 6.92 Å². The van der Waals surface area contributed by atoms with Crippen LogP contribution in [-0.4, -0.2) is 54.0 Å². The number of carboxylic acids is 1. The Bertz CT molecular complexity index is 680. The smallest absolute Gasteiger partial charge is 0.326 e. The van der Waals surface area contributed by atoms with Gasteiger partial charge in [0.05, 0.1) is 13.1 Å². The third-order valence-corrected chi connectivity index (χ3v) is 4.34. The third-order valence-electron chi connectivity index (χ3n) is 4.34. The van der Waals surface area contributed by atoms with Crippen molar-refractivity contribution in [3.05, 3.63) is 35.9 Å². The highest BCUT2D eigenvalue weighted by atomic mass is 16.4. The molecule has 0 radical (unpaired) electrons. The highest BCUT2D eigenvalue weighted by Crippen LogP contribution is 2.07. The monoisotopic (exact) mass is 392 g/mol. The minimum atomic E-state index is -1.13. The Labute approximate surface area is 164 Å². The number of nitrogens with one attached hydrogen (secondary N) is 3. The number of hydrogen-bond acceptors (Lipinski definition) is 5. The molecular weight excluding hydrogens is 364 g/mol. The molecule has 9 heteroatoms. The van der Waals surface area contributed by atoms with Crippen LogP contribution in [0.15, 0.2) is 30.3 Å². The van der Waals surface area contributed by atoms with Crippen LogP contribution in [0.1, 0.15) is 25.8 Å². The molecule has 0 spiro atoms. The molecule has 0 fully saturated rings. The molecular formula is C19H28N4O5. The van der Waals surface area contributed by atoms with Crippen molar-refractivity contribution in [3.8, 4) is 0 Å². The lowest BCUT2D eigenvalue weighted by Gasteiger charge is -2.21. The molecule has 0 aliphatic rings. The van der Waals surface area contributed by atoms with Gasteiger partial charge in [-0.05, 0) is 11.5 Å². The van der Waals surface area contributed by atoms with E-state index in [2.05, 4.69) is 16.0 Å². The Morgan fingerprint density at radius 3 is 2.25 bits per heavy atom. The van der Waals surface area contributed by atoms with Gasteiger partial charge in [-0.2, -0.15) is 0 Å². The maximum Gasteiger partial charge on any atom is 0.326 e. The van der Waals surface area contributed by atoms with E-state index in [1.165, 1.54) is 0 Å². The highest BCUT2D eigenvalue weighted by molar-refractivity contribution is 5.92. The largest absolute Gasteiger partial charge is 0.480 e. The van der Waals surface area contributed by atoms with Crippen LogP contribution in [0.4, 0.5) is 0 Å². The van der Waals surface area contributed by atoms with Crippen molar-refractivity contribution >= 4 is 23.7 Å². The first kappa shape index (κ1) is 23.1. The van der Waals surface area contributed by atoms with Crippen LogP contribution < -0.4 is 21.7 Å². The van der Waals surface area contributed by atoms with E-state index in [-0.39, 0.29) is 18.9 Å². The standard InChI is InChI=1S/C19H28N4O5/c1-3-12(2)17(19(27)28)23-16(25)11-21-18(26)14(22-15(24)10-20)9-13-7-5-4-6-8-13/h4-8,12,14,17H,3,9-11,20H2,1-2H3,(H,21,26)(H,22,24)(H,23,25)(H,27,28). The van der Waals surface area contributed by atoms with Crippen molar-refractivity contribution in [2.24, 2.45) is 11.7 Å². The van der Waals surface area contributed by atoms with Crippen molar-refractivity contribution in [2.75, 3.05) is 13.1 Å².